The molecule has 1 amide bonds. The first kappa shape index (κ1) is 19.5. The van der Waals surface area contributed by atoms with E-state index in [1.807, 2.05) is 42.2 Å². The zero-order chi connectivity index (χ0) is 20.4. The van der Waals surface area contributed by atoms with Crippen molar-refractivity contribution in [2.24, 2.45) is 5.92 Å². The van der Waals surface area contributed by atoms with Crippen LogP contribution in [0.1, 0.15) is 45.4 Å². The van der Waals surface area contributed by atoms with Crippen molar-refractivity contribution in [1.29, 1.82) is 0 Å². The molecule has 0 radical (unpaired) electrons. The topological polar surface area (TPSA) is 47.4 Å². The Labute approximate surface area is 172 Å². The maximum atomic E-state index is 12.8. The monoisotopic (exact) mass is 391 g/mol. The van der Waals surface area contributed by atoms with Crippen LogP contribution in [0.3, 0.4) is 0 Å². The van der Waals surface area contributed by atoms with Gasteiger partial charge in [0.15, 0.2) is 0 Å². The number of anilines is 1. The third-order valence-electron chi connectivity index (χ3n) is 5.82. The van der Waals surface area contributed by atoms with Crippen molar-refractivity contribution in [2.75, 3.05) is 18.1 Å². The van der Waals surface area contributed by atoms with Crippen LogP contribution in [0.5, 0.6) is 5.75 Å². The molecule has 0 bridgehead atoms. The minimum Gasteiger partial charge on any atom is -0.494 e. The van der Waals surface area contributed by atoms with Crippen LogP contribution in [0, 0.1) is 5.92 Å². The van der Waals surface area contributed by atoms with Gasteiger partial charge >= 0.3 is 0 Å². The molecule has 3 aromatic rings. The summed E-state index contributed by atoms with van der Waals surface area (Å²) in [5, 5.41) is 0. The number of aromatic nitrogens is 2. The quantitative estimate of drug-likeness (QED) is 0.569. The molecule has 2 atom stereocenters. The Kier molecular flexibility index (Phi) is 5.56. The Morgan fingerprint density at radius 1 is 1.14 bits per heavy atom. The molecule has 2 aromatic carbocycles. The Balaban J connectivity index is 1.63. The number of rotatable bonds is 7. The van der Waals surface area contributed by atoms with Crippen molar-refractivity contribution in [3.8, 4) is 5.75 Å². The first-order chi connectivity index (χ1) is 14.1. The molecular formula is C24H29N3O2. The summed E-state index contributed by atoms with van der Waals surface area (Å²) in [5.74, 6) is 2.68. The summed E-state index contributed by atoms with van der Waals surface area (Å²) >= 11 is 0. The van der Waals surface area contributed by atoms with E-state index in [1.165, 1.54) is 0 Å². The van der Waals surface area contributed by atoms with E-state index in [0.29, 0.717) is 25.5 Å². The molecule has 29 heavy (non-hydrogen) atoms. The highest BCUT2D eigenvalue weighted by molar-refractivity contribution is 5.96. The number of amides is 1. The summed E-state index contributed by atoms with van der Waals surface area (Å²) in [6, 6.07) is 16.1. The summed E-state index contributed by atoms with van der Waals surface area (Å²) < 4.78 is 7.86. The van der Waals surface area contributed by atoms with Crippen LogP contribution in [-0.2, 0) is 11.3 Å². The standard InChI is InChI=1S/C24H29N3O2/c1-4-17(3)15-27-22-9-7-6-8-21(22)25-24(27)18-14-23(28)26(16-18)19-10-12-20(13-11-19)29-5-2/h6-13,17-18H,4-5,14-16H2,1-3H3/t17-,18+/m1/s1. The average molecular weight is 392 g/mol. The summed E-state index contributed by atoms with van der Waals surface area (Å²) in [5.41, 5.74) is 3.10. The number of hydrogen-bond donors (Lipinski definition) is 0. The number of carbonyl (C=O) groups excluding carboxylic acids is 1. The second kappa shape index (κ2) is 8.27. The lowest BCUT2D eigenvalue weighted by molar-refractivity contribution is -0.117. The highest BCUT2D eigenvalue weighted by Gasteiger charge is 2.35. The molecule has 5 heteroatoms. The largest absolute Gasteiger partial charge is 0.494 e. The number of para-hydroxylation sites is 2. The Morgan fingerprint density at radius 2 is 1.90 bits per heavy atom. The summed E-state index contributed by atoms with van der Waals surface area (Å²) in [6.07, 6.45) is 1.62. The van der Waals surface area contributed by atoms with E-state index in [4.69, 9.17) is 9.72 Å². The van der Waals surface area contributed by atoms with Crippen molar-refractivity contribution >= 4 is 22.6 Å². The molecule has 4 rings (SSSR count). The van der Waals surface area contributed by atoms with Gasteiger partial charge in [0.2, 0.25) is 5.91 Å². The number of carbonyl (C=O) groups is 1. The normalized spacial score (nSPS) is 17.8. The highest BCUT2D eigenvalue weighted by Crippen LogP contribution is 2.34. The van der Waals surface area contributed by atoms with Crippen LogP contribution in [0.4, 0.5) is 5.69 Å². The molecule has 1 saturated heterocycles. The van der Waals surface area contributed by atoms with Crippen molar-refractivity contribution in [3.63, 3.8) is 0 Å². The van der Waals surface area contributed by atoms with Crippen molar-refractivity contribution in [1.82, 2.24) is 9.55 Å². The first-order valence-corrected chi connectivity index (χ1v) is 10.6. The lowest BCUT2D eigenvalue weighted by atomic mass is 10.1. The van der Waals surface area contributed by atoms with Gasteiger partial charge in [-0.2, -0.15) is 0 Å². The van der Waals surface area contributed by atoms with E-state index >= 15 is 0 Å². The molecule has 2 heterocycles. The van der Waals surface area contributed by atoms with Crippen LogP contribution >= 0.6 is 0 Å². The maximum absolute atomic E-state index is 12.8. The molecule has 0 spiro atoms. The highest BCUT2D eigenvalue weighted by atomic mass is 16.5. The van der Waals surface area contributed by atoms with Gasteiger partial charge in [-0.1, -0.05) is 32.4 Å². The van der Waals surface area contributed by atoms with Crippen LogP contribution in [0.2, 0.25) is 0 Å². The van der Waals surface area contributed by atoms with E-state index in [2.05, 4.69) is 36.6 Å². The van der Waals surface area contributed by atoms with E-state index in [9.17, 15) is 4.79 Å². The number of fused-ring (bicyclic) bond motifs is 1. The molecule has 5 nitrogen and oxygen atoms in total. The van der Waals surface area contributed by atoms with Gasteiger partial charge in [0.25, 0.3) is 0 Å². The minimum atomic E-state index is 0.102. The zero-order valence-electron chi connectivity index (χ0n) is 17.5. The second-order valence-corrected chi connectivity index (χ2v) is 7.92. The van der Waals surface area contributed by atoms with Gasteiger partial charge in [0.05, 0.1) is 17.6 Å². The Bertz CT molecular complexity index is 993. The molecule has 1 fully saturated rings. The van der Waals surface area contributed by atoms with Gasteiger partial charge in [-0.25, -0.2) is 4.98 Å². The van der Waals surface area contributed by atoms with Crippen molar-refractivity contribution < 1.29 is 9.53 Å². The summed E-state index contributed by atoms with van der Waals surface area (Å²) in [7, 11) is 0. The number of hydrogen-bond acceptors (Lipinski definition) is 3. The summed E-state index contributed by atoms with van der Waals surface area (Å²) in [6.45, 7) is 8.68. The van der Waals surface area contributed by atoms with Crippen LogP contribution in [0.15, 0.2) is 48.5 Å². The number of benzene rings is 2. The van der Waals surface area contributed by atoms with E-state index in [1.54, 1.807) is 0 Å². The SMILES string of the molecule is CCOc1ccc(N2C[C@@H](c3nc4ccccc4n3C[C@H](C)CC)CC2=O)cc1. The number of imidazole rings is 1. The Morgan fingerprint density at radius 3 is 2.62 bits per heavy atom. The van der Waals surface area contributed by atoms with Gasteiger partial charge in [0, 0.05) is 31.1 Å². The minimum absolute atomic E-state index is 0.102. The molecular weight excluding hydrogens is 362 g/mol. The van der Waals surface area contributed by atoms with Crippen molar-refractivity contribution in [3.05, 3.63) is 54.4 Å². The molecule has 1 aliphatic rings. The van der Waals surface area contributed by atoms with E-state index < -0.39 is 0 Å². The molecule has 0 N–H and O–H groups in total. The van der Waals surface area contributed by atoms with E-state index in [-0.39, 0.29) is 11.8 Å². The van der Waals surface area contributed by atoms with Gasteiger partial charge in [0.1, 0.15) is 11.6 Å². The fourth-order valence-corrected chi connectivity index (χ4v) is 4.06. The van der Waals surface area contributed by atoms with Gasteiger partial charge in [-0.05, 0) is 49.2 Å². The smallest absolute Gasteiger partial charge is 0.227 e. The van der Waals surface area contributed by atoms with Gasteiger partial charge < -0.3 is 14.2 Å². The van der Waals surface area contributed by atoms with Crippen LogP contribution in [0.25, 0.3) is 11.0 Å². The number of nitrogens with zero attached hydrogens (tertiary/aromatic N) is 3. The second-order valence-electron chi connectivity index (χ2n) is 7.92. The van der Waals surface area contributed by atoms with Gasteiger partial charge in [-0.15, -0.1) is 0 Å². The fourth-order valence-electron chi connectivity index (χ4n) is 4.06. The molecule has 1 aromatic heterocycles. The predicted octanol–water partition coefficient (Wildman–Crippen LogP) is 5.00. The molecule has 152 valence electrons. The zero-order valence-corrected chi connectivity index (χ0v) is 17.5. The summed E-state index contributed by atoms with van der Waals surface area (Å²) in [4.78, 5) is 19.7. The first-order valence-electron chi connectivity index (χ1n) is 10.6. The molecule has 0 aliphatic carbocycles. The van der Waals surface area contributed by atoms with E-state index in [0.717, 1.165) is 41.3 Å². The van der Waals surface area contributed by atoms with Crippen molar-refractivity contribution in [2.45, 2.75) is 46.1 Å². The molecule has 1 aliphatic heterocycles. The number of ether oxygens (including phenoxy) is 1. The fraction of sp³-hybridized carbons (Fsp3) is 0.417. The average Bonchev–Trinajstić information content (AvgIpc) is 3.29. The molecule has 0 unspecified atom stereocenters. The van der Waals surface area contributed by atoms with Crippen LogP contribution < -0.4 is 9.64 Å². The third kappa shape index (κ3) is 3.86. The maximum Gasteiger partial charge on any atom is 0.227 e. The van der Waals surface area contributed by atoms with Gasteiger partial charge in [-0.3, -0.25) is 4.79 Å². The van der Waals surface area contributed by atoms with Crippen LogP contribution in [-0.4, -0.2) is 28.6 Å². The predicted molar refractivity (Wildman–Crippen MR) is 117 cm³/mol. The Hall–Kier alpha value is -2.82. The third-order valence-corrected chi connectivity index (χ3v) is 5.82. The lowest BCUT2D eigenvalue weighted by Gasteiger charge is -2.19. The molecule has 0 saturated carbocycles. The lowest BCUT2D eigenvalue weighted by Crippen LogP contribution is -2.24.